The molecule has 0 aliphatic carbocycles. The molecule has 1 aromatic carbocycles. The SMILES string of the molecule is O=c1c(-c2ccccc2)c([O-])[n+]2c3n1CCN3CCC2c1cnc(Cl)s1. The monoisotopic (exact) mass is 386 g/mol. The van der Waals surface area contributed by atoms with Gasteiger partial charge < -0.3 is 5.11 Å². The quantitative estimate of drug-likeness (QED) is 0.630. The highest BCUT2D eigenvalue weighted by Gasteiger charge is 2.41. The van der Waals surface area contributed by atoms with Crippen LogP contribution in [-0.4, -0.2) is 22.6 Å². The van der Waals surface area contributed by atoms with Gasteiger partial charge in [0.05, 0.1) is 23.5 Å². The highest BCUT2D eigenvalue weighted by molar-refractivity contribution is 7.15. The summed E-state index contributed by atoms with van der Waals surface area (Å²) in [6.45, 7) is 2.16. The van der Waals surface area contributed by atoms with E-state index < -0.39 is 0 Å². The van der Waals surface area contributed by atoms with Crippen molar-refractivity contribution in [1.82, 2.24) is 9.55 Å². The van der Waals surface area contributed by atoms with Gasteiger partial charge >= 0.3 is 11.5 Å². The van der Waals surface area contributed by atoms with Crippen LogP contribution in [0.1, 0.15) is 17.3 Å². The Morgan fingerprint density at radius 1 is 1.23 bits per heavy atom. The van der Waals surface area contributed by atoms with E-state index in [4.69, 9.17) is 11.6 Å². The van der Waals surface area contributed by atoms with E-state index in [9.17, 15) is 9.90 Å². The third-order valence-electron chi connectivity index (χ3n) is 5.10. The third kappa shape index (κ3) is 2.20. The lowest BCUT2D eigenvalue weighted by Crippen LogP contribution is -2.55. The molecular weight excluding hydrogens is 372 g/mol. The minimum Gasteiger partial charge on any atom is -0.848 e. The Labute approximate surface area is 158 Å². The van der Waals surface area contributed by atoms with Gasteiger partial charge in [-0.25, -0.2) is 9.55 Å². The fraction of sp³-hybridized carbons (Fsp3) is 0.278. The van der Waals surface area contributed by atoms with Gasteiger partial charge in [0, 0.05) is 18.5 Å². The molecule has 1 unspecified atom stereocenters. The van der Waals surface area contributed by atoms with Crippen molar-refractivity contribution in [3.05, 3.63) is 56.2 Å². The summed E-state index contributed by atoms with van der Waals surface area (Å²) >= 11 is 7.41. The van der Waals surface area contributed by atoms with Crippen molar-refractivity contribution in [3.8, 4) is 17.0 Å². The second-order valence-electron chi connectivity index (χ2n) is 6.48. The Kier molecular flexibility index (Phi) is 3.55. The molecule has 132 valence electrons. The Morgan fingerprint density at radius 2 is 2.04 bits per heavy atom. The van der Waals surface area contributed by atoms with Crippen LogP contribution in [0.5, 0.6) is 5.88 Å². The fourth-order valence-corrected chi connectivity index (χ4v) is 5.02. The van der Waals surface area contributed by atoms with Crippen LogP contribution in [0.2, 0.25) is 4.47 Å². The number of aromatic nitrogens is 3. The first-order valence-electron chi connectivity index (χ1n) is 8.46. The van der Waals surface area contributed by atoms with E-state index in [1.165, 1.54) is 11.3 Å². The van der Waals surface area contributed by atoms with Crippen LogP contribution in [-0.2, 0) is 6.54 Å². The van der Waals surface area contributed by atoms with E-state index >= 15 is 0 Å². The van der Waals surface area contributed by atoms with Gasteiger partial charge in [-0.15, -0.1) is 11.3 Å². The smallest absolute Gasteiger partial charge is 0.362 e. The summed E-state index contributed by atoms with van der Waals surface area (Å²) in [6, 6.07) is 9.04. The maximum Gasteiger partial charge on any atom is 0.362 e. The summed E-state index contributed by atoms with van der Waals surface area (Å²) in [5, 5.41) is 13.4. The minimum absolute atomic E-state index is 0.147. The number of thiazole rings is 1. The number of nitrogens with zero attached hydrogens (tertiary/aromatic N) is 4. The van der Waals surface area contributed by atoms with Crippen LogP contribution in [0.25, 0.3) is 11.1 Å². The van der Waals surface area contributed by atoms with E-state index in [0.29, 0.717) is 22.5 Å². The maximum atomic E-state index is 13.4. The highest BCUT2D eigenvalue weighted by atomic mass is 35.5. The molecule has 6 nitrogen and oxygen atoms in total. The van der Waals surface area contributed by atoms with Gasteiger partial charge in [-0.1, -0.05) is 41.9 Å². The second-order valence-corrected chi connectivity index (χ2v) is 8.12. The van der Waals surface area contributed by atoms with Gasteiger partial charge in [0.2, 0.25) is 0 Å². The lowest BCUT2D eigenvalue weighted by molar-refractivity contribution is -0.744. The zero-order valence-corrected chi connectivity index (χ0v) is 15.3. The van der Waals surface area contributed by atoms with Crippen LogP contribution < -0.4 is 20.1 Å². The summed E-state index contributed by atoms with van der Waals surface area (Å²) in [5.41, 5.74) is 0.684. The van der Waals surface area contributed by atoms with Crippen LogP contribution in [0, 0.1) is 0 Å². The zero-order chi connectivity index (χ0) is 17.8. The maximum absolute atomic E-state index is 13.4. The van der Waals surface area contributed by atoms with Crippen molar-refractivity contribution < 1.29 is 9.67 Å². The number of hydrogen-bond donors (Lipinski definition) is 0. The lowest BCUT2D eigenvalue weighted by atomic mass is 10.1. The summed E-state index contributed by atoms with van der Waals surface area (Å²) in [6.07, 6.45) is 2.52. The van der Waals surface area contributed by atoms with Crippen LogP contribution in [0.15, 0.2) is 41.3 Å². The summed E-state index contributed by atoms with van der Waals surface area (Å²) in [5.74, 6) is 0.467. The minimum atomic E-state index is -0.242. The van der Waals surface area contributed by atoms with E-state index in [-0.39, 0.29) is 23.0 Å². The molecule has 0 saturated heterocycles. The van der Waals surface area contributed by atoms with Crippen molar-refractivity contribution in [2.24, 2.45) is 0 Å². The van der Waals surface area contributed by atoms with Gasteiger partial charge in [0.15, 0.2) is 4.47 Å². The largest absolute Gasteiger partial charge is 0.848 e. The Bertz CT molecular complexity index is 1060. The molecular formula is C18H15ClN4O2S. The van der Waals surface area contributed by atoms with Crippen LogP contribution in [0.4, 0.5) is 5.95 Å². The number of benzene rings is 1. The Balaban J connectivity index is 1.81. The summed E-state index contributed by atoms with van der Waals surface area (Å²) < 4.78 is 3.96. The first-order chi connectivity index (χ1) is 12.6. The molecule has 2 aliphatic rings. The molecule has 0 saturated carbocycles. The summed E-state index contributed by atoms with van der Waals surface area (Å²) in [7, 11) is 0. The predicted octanol–water partition coefficient (Wildman–Crippen LogP) is 1.80. The van der Waals surface area contributed by atoms with Crippen LogP contribution in [0.3, 0.4) is 0 Å². The van der Waals surface area contributed by atoms with Crippen molar-refractivity contribution >= 4 is 28.9 Å². The first kappa shape index (κ1) is 15.8. The average Bonchev–Trinajstić information content (AvgIpc) is 3.27. The highest BCUT2D eigenvalue weighted by Crippen LogP contribution is 2.35. The molecule has 0 amide bonds. The van der Waals surface area contributed by atoms with E-state index in [0.717, 1.165) is 24.4 Å². The van der Waals surface area contributed by atoms with E-state index in [1.807, 2.05) is 30.3 Å². The molecule has 2 aliphatic heterocycles. The molecule has 0 bridgehead atoms. The van der Waals surface area contributed by atoms with Gasteiger partial charge in [-0.05, 0) is 5.56 Å². The zero-order valence-electron chi connectivity index (χ0n) is 13.8. The van der Waals surface area contributed by atoms with Crippen LogP contribution >= 0.6 is 22.9 Å². The van der Waals surface area contributed by atoms with Crippen molar-refractivity contribution in [2.45, 2.75) is 19.0 Å². The van der Waals surface area contributed by atoms with Gasteiger partial charge in [0.25, 0.3) is 0 Å². The second kappa shape index (κ2) is 5.82. The standard InChI is InChI=1S/C18H15ClN4O2S/c19-17-20-10-13(26-17)12-6-7-21-8-9-22-15(24)14(11-4-2-1-3-5-11)16(25)23(12)18(21)22/h1-5,10,12H,6-9H2. The molecule has 0 N–H and O–H groups in total. The van der Waals surface area contributed by atoms with Crippen molar-refractivity contribution in [1.29, 1.82) is 0 Å². The average molecular weight is 387 g/mol. The van der Waals surface area contributed by atoms with E-state index in [1.54, 1.807) is 15.3 Å². The Hall–Kier alpha value is -2.38. The molecule has 1 atom stereocenters. The van der Waals surface area contributed by atoms with Crippen molar-refractivity contribution in [3.63, 3.8) is 0 Å². The van der Waals surface area contributed by atoms with Gasteiger partial charge in [-0.2, -0.15) is 4.57 Å². The number of halogens is 1. The molecule has 2 aromatic heterocycles. The topological polar surface area (TPSA) is 65.1 Å². The molecule has 26 heavy (non-hydrogen) atoms. The number of anilines is 1. The predicted molar refractivity (Wildman–Crippen MR) is 97.9 cm³/mol. The Morgan fingerprint density at radius 3 is 2.77 bits per heavy atom. The molecule has 5 rings (SSSR count). The molecule has 3 aromatic rings. The normalized spacial score (nSPS) is 18.2. The molecule has 4 heterocycles. The molecule has 8 heteroatoms. The third-order valence-corrected chi connectivity index (χ3v) is 6.31. The van der Waals surface area contributed by atoms with Gasteiger partial charge in [-0.3, -0.25) is 9.69 Å². The lowest BCUT2D eigenvalue weighted by Gasteiger charge is -2.31. The molecule has 0 spiro atoms. The van der Waals surface area contributed by atoms with E-state index in [2.05, 4.69) is 9.88 Å². The molecule has 0 fully saturated rings. The summed E-state index contributed by atoms with van der Waals surface area (Å²) in [4.78, 5) is 20.3. The van der Waals surface area contributed by atoms with Crippen molar-refractivity contribution in [2.75, 3.05) is 18.0 Å². The number of rotatable bonds is 2. The fourth-order valence-electron chi connectivity index (χ4n) is 3.94. The molecule has 0 radical (unpaired) electrons. The number of hydrogen-bond acceptors (Lipinski definition) is 5. The first-order valence-corrected chi connectivity index (χ1v) is 9.65. The van der Waals surface area contributed by atoms with Gasteiger partial charge in [0.1, 0.15) is 12.6 Å².